The van der Waals surface area contributed by atoms with Crippen molar-refractivity contribution in [3.8, 4) is 0 Å². The third-order valence-electron chi connectivity index (χ3n) is 3.75. The summed E-state index contributed by atoms with van der Waals surface area (Å²) in [4.78, 5) is 12.0. The maximum Gasteiger partial charge on any atom is 0.230 e. The van der Waals surface area contributed by atoms with Gasteiger partial charge in [0.1, 0.15) is 0 Å². The first-order valence-electron chi connectivity index (χ1n) is 8.46. The molecule has 1 aromatic heterocycles. The molecule has 0 radical (unpaired) electrons. The van der Waals surface area contributed by atoms with Crippen molar-refractivity contribution in [2.45, 2.75) is 24.2 Å². The van der Waals surface area contributed by atoms with Crippen molar-refractivity contribution < 1.29 is 4.79 Å². The molecular formula is C19H19ClN4OS2. The number of benzene rings is 2. The zero-order chi connectivity index (χ0) is 19.1. The number of anilines is 2. The van der Waals surface area contributed by atoms with Crippen LogP contribution in [-0.4, -0.2) is 21.9 Å². The molecule has 0 fully saturated rings. The van der Waals surface area contributed by atoms with Crippen LogP contribution < -0.4 is 10.6 Å². The molecule has 2 aromatic carbocycles. The third-order valence-corrected chi connectivity index (χ3v) is 5.97. The van der Waals surface area contributed by atoms with Crippen LogP contribution in [0.5, 0.6) is 0 Å². The number of hydrogen-bond acceptors (Lipinski definition) is 6. The van der Waals surface area contributed by atoms with Crippen LogP contribution in [0.15, 0.2) is 52.9 Å². The van der Waals surface area contributed by atoms with E-state index >= 15 is 0 Å². The summed E-state index contributed by atoms with van der Waals surface area (Å²) in [5, 5.41) is 15.8. The van der Waals surface area contributed by atoms with E-state index in [1.807, 2.05) is 36.4 Å². The topological polar surface area (TPSA) is 66.9 Å². The summed E-state index contributed by atoms with van der Waals surface area (Å²) < 4.78 is 0.754. The normalized spacial score (nSPS) is 10.6. The van der Waals surface area contributed by atoms with E-state index in [9.17, 15) is 4.79 Å². The van der Waals surface area contributed by atoms with Gasteiger partial charge in [0, 0.05) is 17.3 Å². The Morgan fingerprint density at radius 1 is 1.07 bits per heavy atom. The summed E-state index contributed by atoms with van der Waals surface area (Å²) >= 11 is 8.66. The highest BCUT2D eigenvalue weighted by atomic mass is 35.5. The van der Waals surface area contributed by atoms with Gasteiger partial charge in [0.15, 0.2) is 4.34 Å². The Balaban J connectivity index is 1.44. The molecule has 1 amide bonds. The molecule has 0 saturated carbocycles. The second-order valence-corrected chi connectivity index (χ2v) is 8.38. The second kappa shape index (κ2) is 9.73. The minimum absolute atomic E-state index is 0.0465. The molecule has 0 spiro atoms. The quantitative estimate of drug-likeness (QED) is 0.509. The lowest BCUT2D eigenvalue weighted by Gasteiger charge is -2.04. The summed E-state index contributed by atoms with van der Waals surface area (Å²) in [5.41, 5.74) is 3.27. The van der Waals surface area contributed by atoms with Crippen LogP contribution in [0.1, 0.15) is 18.1 Å². The maximum atomic E-state index is 12.0. The van der Waals surface area contributed by atoms with Gasteiger partial charge < -0.3 is 10.6 Å². The number of nitrogens with zero attached hydrogens (tertiary/aromatic N) is 2. The van der Waals surface area contributed by atoms with Crippen molar-refractivity contribution in [3.63, 3.8) is 0 Å². The summed E-state index contributed by atoms with van der Waals surface area (Å²) in [6, 6.07) is 15.6. The van der Waals surface area contributed by atoms with E-state index in [1.165, 1.54) is 28.7 Å². The average molecular weight is 419 g/mol. The highest BCUT2D eigenvalue weighted by molar-refractivity contribution is 8.01. The van der Waals surface area contributed by atoms with Gasteiger partial charge in [-0.2, -0.15) is 0 Å². The molecule has 1 heterocycles. The second-order valence-electron chi connectivity index (χ2n) is 5.74. The Morgan fingerprint density at radius 3 is 2.48 bits per heavy atom. The van der Waals surface area contributed by atoms with Crippen molar-refractivity contribution in [1.29, 1.82) is 0 Å². The molecule has 0 atom stereocenters. The summed E-state index contributed by atoms with van der Waals surface area (Å²) in [7, 11) is 0. The van der Waals surface area contributed by atoms with Gasteiger partial charge >= 0.3 is 0 Å². The Bertz CT molecular complexity index is 881. The predicted octanol–water partition coefficient (Wildman–Crippen LogP) is 4.91. The van der Waals surface area contributed by atoms with Gasteiger partial charge in [-0.15, -0.1) is 10.2 Å². The molecule has 3 aromatic rings. The molecule has 0 aliphatic rings. The van der Waals surface area contributed by atoms with E-state index in [-0.39, 0.29) is 5.91 Å². The van der Waals surface area contributed by atoms with Crippen molar-refractivity contribution in [2.75, 3.05) is 11.1 Å². The van der Waals surface area contributed by atoms with E-state index in [2.05, 4.69) is 39.9 Å². The number of rotatable bonds is 8. The Labute approximate surface area is 171 Å². The third kappa shape index (κ3) is 6.23. The van der Waals surface area contributed by atoms with Crippen LogP contribution in [0.4, 0.5) is 10.8 Å². The molecule has 0 unspecified atom stereocenters. The van der Waals surface area contributed by atoms with Crippen molar-refractivity contribution in [3.05, 3.63) is 64.7 Å². The van der Waals surface area contributed by atoms with Crippen molar-refractivity contribution in [2.24, 2.45) is 0 Å². The van der Waals surface area contributed by atoms with E-state index in [4.69, 9.17) is 11.6 Å². The number of aryl methyl sites for hydroxylation is 1. The molecule has 8 heteroatoms. The van der Waals surface area contributed by atoms with Gasteiger partial charge in [-0.25, -0.2) is 0 Å². The maximum absolute atomic E-state index is 12.0. The van der Waals surface area contributed by atoms with Crippen molar-refractivity contribution >= 4 is 51.4 Å². The van der Waals surface area contributed by atoms with Crippen LogP contribution in [0.3, 0.4) is 0 Å². The zero-order valence-electron chi connectivity index (χ0n) is 14.7. The predicted molar refractivity (Wildman–Crippen MR) is 113 cm³/mol. The number of carbonyl (C=O) groups excluding carboxylic acids is 1. The van der Waals surface area contributed by atoms with Crippen LogP contribution in [0.25, 0.3) is 0 Å². The highest BCUT2D eigenvalue weighted by Crippen LogP contribution is 2.27. The number of thioether (sulfide) groups is 1. The fraction of sp³-hybridized carbons (Fsp3) is 0.211. The van der Waals surface area contributed by atoms with E-state index in [0.717, 1.165) is 22.0 Å². The fourth-order valence-electron chi connectivity index (χ4n) is 2.25. The van der Waals surface area contributed by atoms with Gasteiger partial charge in [0.2, 0.25) is 11.0 Å². The lowest BCUT2D eigenvalue weighted by molar-refractivity contribution is -0.118. The molecule has 0 saturated heterocycles. The van der Waals surface area contributed by atoms with Gasteiger partial charge in [-0.1, -0.05) is 65.9 Å². The standard InChI is InChI=1S/C19H19ClN4OS2/c1-2-13-5-9-16(10-6-13)22-18-23-24-19(27-18)26-12-17(25)21-11-14-3-7-15(20)8-4-14/h3-10H,2,11-12H2,1H3,(H,21,25)(H,22,23). The molecule has 3 rings (SSSR count). The average Bonchev–Trinajstić information content (AvgIpc) is 3.14. The van der Waals surface area contributed by atoms with Gasteiger partial charge in [-0.05, 0) is 41.8 Å². The molecule has 2 N–H and O–H groups in total. The summed E-state index contributed by atoms with van der Waals surface area (Å²) in [6.45, 7) is 2.61. The first kappa shape index (κ1) is 19.7. The van der Waals surface area contributed by atoms with Crippen LogP contribution in [-0.2, 0) is 17.8 Å². The zero-order valence-corrected chi connectivity index (χ0v) is 17.1. The minimum atomic E-state index is -0.0465. The minimum Gasteiger partial charge on any atom is -0.351 e. The molecule has 27 heavy (non-hydrogen) atoms. The highest BCUT2D eigenvalue weighted by Gasteiger charge is 2.08. The van der Waals surface area contributed by atoms with E-state index in [1.54, 1.807) is 0 Å². The van der Waals surface area contributed by atoms with Crippen LogP contribution in [0.2, 0.25) is 5.02 Å². The number of carbonyl (C=O) groups is 1. The molecule has 140 valence electrons. The molecule has 0 aliphatic heterocycles. The van der Waals surface area contributed by atoms with Gasteiger partial charge in [0.05, 0.1) is 5.75 Å². The Kier molecular flexibility index (Phi) is 7.09. The van der Waals surface area contributed by atoms with Crippen LogP contribution >= 0.6 is 34.7 Å². The Morgan fingerprint density at radius 2 is 1.78 bits per heavy atom. The van der Waals surface area contributed by atoms with E-state index < -0.39 is 0 Å². The SMILES string of the molecule is CCc1ccc(Nc2nnc(SCC(=O)NCc3ccc(Cl)cc3)s2)cc1. The summed E-state index contributed by atoms with van der Waals surface area (Å²) in [5.74, 6) is 0.253. The molecule has 0 bridgehead atoms. The number of amides is 1. The molecular weight excluding hydrogens is 400 g/mol. The Hall–Kier alpha value is -2.09. The molecule has 5 nitrogen and oxygen atoms in total. The van der Waals surface area contributed by atoms with E-state index in [0.29, 0.717) is 22.5 Å². The first-order valence-corrected chi connectivity index (χ1v) is 10.6. The number of hydrogen-bond donors (Lipinski definition) is 2. The fourth-order valence-corrected chi connectivity index (χ4v) is 3.98. The lowest BCUT2D eigenvalue weighted by atomic mass is 10.1. The lowest BCUT2D eigenvalue weighted by Crippen LogP contribution is -2.24. The number of halogens is 1. The van der Waals surface area contributed by atoms with Gasteiger partial charge in [-0.3, -0.25) is 4.79 Å². The number of nitrogens with one attached hydrogen (secondary N) is 2. The largest absolute Gasteiger partial charge is 0.351 e. The number of aromatic nitrogens is 2. The van der Waals surface area contributed by atoms with Gasteiger partial charge in [0.25, 0.3) is 0 Å². The monoisotopic (exact) mass is 418 g/mol. The first-order chi connectivity index (χ1) is 13.1. The van der Waals surface area contributed by atoms with Crippen molar-refractivity contribution in [1.82, 2.24) is 15.5 Å². The van der Waals surface area contributed by atoms with Crippen LogP contribution in [0, 0.1) is 0 Å². The smallest absolute Gasteiger partial charge is 0.230 e. The molecule has 0 aliphatic carbocycles. The summed E-state index contributed by atoms with van der Waals surface area (Å²) in [6.07, 6.45) is 1.01.